The molecule has 1 saturated heterocycles. The quantitative estimate of drug-likeness (QED) is 0.647. The summed E-state index contributed by atoms with van der Waals surface area (Å²) in [7, 11) is 0. The second-order valence-electron chi connectivity index (χ2n) is 7.47. The number of hydrogen-bond donors (Lipinski definition) is 0. The van der Waals surface area contributed by atoms with E-state index in [0.717, 1.165) is 42.0 Å². The first-order chi connectivity index (χ1) is 13.6. The van der Waals surface area contributed by atoms with Crippen LogP contribution in [-0.2, 0) is 9.53 Å². The molecule has 0 aliphatic carbocycles. The van der Waals surface area contributed by atoms with Gasteiger partial charge in [-0.3, -0.25) is 4.79 Å². The van der Waals surface area contributed by atoms with Crippen LogP contribution in [0, 0.1) is 19.8 Å². The summed E-state index contributed by atoms with van der Waals surface area (Å²) in [6, 6.07) is 8.50. The molecule has 28 heavy (non-hydrogen) atoms. The summed E-state index contributed by atoms with van der Waals surface area (Å²) in [5.74, 6) is 0.668. The first kappa shape index (κ1) is 18.5. The molecule has 1 aliphatic heterocycles. The lowest BCUT2D eigenvalue weighted by molar-refractivity contribution is -0.148. The van der Waals surface area contributed by atoms with Gasteiger partial charge in [0.1, 0.15) is 5.52 Å². The van der Waals surface area contributed by atoms with Crippen molar-refractivity contribution in [3.8, 4) is 11.3 Å². The van der Waals surface area contributed by atoms with E-state index in [-0.39, 0.29) is 11.9 Å². The van der Waals surface area contributed by atoms with E-state index in [1.165, 1.54) is 11.1 Å². The molecule has 2 aromatic heterocycles. The van der Waals surface area contributed by atoms with E-state index in [9.17, 15) is 4.79 Å². The van der Waals surface area contributed by atoms with E-state index >= 15 is 0 Å². The molecule has 0 spiro atoms. The van der Waals surface area contributed by atoms with Gasteiger partial charge in [-0.15, -0.1) is 0 Å². The van der Waals surface area contributed by atoms with Crippen LogP contribution < -0.4 is 4.90 Å². The molecule has 6 heteroatoms. The Morgan fingerprint density at radius 2 is 2.14 bits per heavy atom. The zero-order valence-electron chi connectivity index (χ0n) is 16.7. The van der Waals surface area contributed by atoms with Crippen LogP contribution in [0.3, 0.4) is 0 Å². The number of carbonyl (C=O) groups excluding carboxylic acids is 1. The van der Waals surface area contributed by atoms with E-state index in [2.05, 4.69) is 48.0 Å². The Morgan fingerprint density at radius 3 is 2.93 bits per heavy atom. The predicted molar refractivity (Wildman–Crippen MR) is 109 cm³/mol. The first-order valence-corrected chi connectivity index (χ1v) is 9.90. The number of benzene rings is 1. The molecule has 1 fully saturated rings. The topological polar surface area (TPSA) is 59.7 Å². The van der Waals surface area contributed by atoms with Gasteiger partial charge in [0.25, 0.3) is 0 Å². The summed E-state index contributed by atoms with van der Waals surface area (Å²) in [6.45, 7) is 7.99. The highest BCUT2D eigenvalue weighted by atomic mass is 16.5. The lowest BCUT2D eigenvalue weighted by Gasteiger charge is -2.32. The third kappa shape index (κ3) is 3.46. The molecule has 1 aliphatic rings. The summed E-state index contributed by atoms with van der Waals surface area (Å²) in [6.07, 6.45) is 5.46. The van der Waals surface area contributed by atoms with Gasteiger partial charge in [0.15, 0.2) is 5.82 Å². The molecule has 1 aromatic carbocycles. The van der Waals surface area contributed by atoms with Crippen molar-refractivity contribution >= 4 is 17.3 Å². The maximum Gasteiger partial charge on any atom is 0.310 e. The van der Waals surface area contributed by atoms with Crippen molar-refractivity contribution in [3.63, 3.8) is 0 Å². The fourth-order valence-electron chi connectivity index (χ4n) is 4.01. The zero-order valence-corrected chi connectivity index (χ0v) is 16.7. The van der Waals surface area contributed by atoms with Gasteiger partial charge in [0.05, 0.1) is 18.2 Å². The monoisotopic (exact) mass is 378 g/mol. The number of hydrogen-bond acceptors (Lipinski definition) is 5. The Hall–Kier alpha value is -2.89. The standard InChI is InChI=1S/C22H26N4O2/c1-4-28-22(27)17-6-5-10-25(14-17)21-20-13-19(24-26(20)11-9-23-21)18-8-7-15(2)12-16(18)3/h7-9,11-13,17H,4-6,10,14H2,1-3H3/t17-/m1/s1. The van der Waals surface area contributed by atoms with Gasteiger partial charge in [-0.05, 0) is 45.2 Å². The smallest absolute Gasteiger partial charge is 0.310 e. The minimum Gasteiger partial charge on any atom is -0.466 e. The van der Waals surface area contributed by atoms with Gasteiger partial charge < -0.3 is 9.64 Å². The highest BCUT2D eigenvalue weighted by molar-refractivity contribution is 5.78. The third-order valence-electron chi connectivity index (χ3n) is 5.37. The molecule has 0 bridgehead atoms. The van der Waals surface area contributed by atoms with Crippen LogP contribution in [0.1, 0.15) is 30.9 Å². The summed E-state index contributed by atoms with van der Waals surface area (Å²) < 4.78 is 7.11. The van der Waals surface area contributed by atoms with Gasteiger partial charge in [-0.2, -0.15) is 5.10 Å². The van der Waals surface area contributed by atoms with Crippen molar-refractivity contribution in [2.24, 2.45) is 5.92 Å². The molecular weight excluding hydrogens is 352 g/mol. The molecule has 0 unspecified atom stereocenters. The number of anilines is 1. The minimum atomic E-state index is -0.108. The van der Waals surface area contributed by atoms with Crippen molar-refractivity contribution in [1.82, 2.24) is 14.6 Å². The summed E-state index contributed by atoms with van der Waals surface area (Å²) in [5.41, 5.74) is 5.47. The average Bonchev–Trinajstić information content (AvgIpc) is 3.12. The van der Waals surface area contributed by atoms with Crippen LogP contribution in [0.2, 0.25) is 0 Å². The van der Waals surface area contributed by atoms with Gasteiger partial charge in [0.2, 0.25) is 0 Å². The predicted octanol–water partition coefficient (Wildman–Crippen LogP) is 3.79. The molecule has 0 amide bonds. The number of esters is 1. The maximum atomic E-state index is 12.2. The van der Waals surface area contributed by atoms with Gasteiger partial charge >= 0.3 is 5.97 Å². The Kier molecular flexibility index (Phi) is 5.03. The molecule has 4 rings (SSSR count). The lowest BCUT2D eigenvalue weighted by Crippen LogP contribution is -2.40. The zero-order chi connectivity index (χ0) is 19.7. The number of rotatable bonds is 4. The number of carbonyl (C=O) groups is 1. The Bertz CT molecular complexity index is 1010. The number of nitrogens with zero attached hydrogens (tertiary/aromatic N) is 4. The van der Waals surface area contributed by atoms with E-state index in [1.807, 2.05) is 17.6 Å². The third-order valence-corrected chi connectivity index (χ3v) is 5.37. The Morgan fingerprint density at radius 1 is 1.29 bits per heavy atom. The van der Waals surface area contributed by atoms with Crippen LogP contribution >= 0.6 is 0 Å². The number of fused-ring (bicyclic) bond motifs is 1. The van der Waals surface area contributed by atoms with Crippen molar-refractivity contribution in [2.75, 3.05) is 24.6 Å². The highest BCUT2D eigenvalue weighted by Crippen LogP contribution is 2.30. The Labute approximate surface area is 165 Å². The second-order valence-corrected chi connectivity index (χ2v) is 7.47. The first-order valence-electron chi connectivity index (χ1n) is 9.90. The molecule has 1 atom stereocenters. The molecule has 6 nitrogen and oxygen atoms in total. The Balaban J connectivity index is 1.68. The van der Waals surface area contributed by atoms with Crippen LogP contribution in [0.25, 0.3) is 16.8 Å². The summed E-state index contributed by atoms with van der Waals surface area (Å²) in [5, 5.41) is 4.77. The molecule has 0 radical (unpaired) electrons. The van der Waals surface area contributed by atoms with Crippen molar-refractivity contribution < 1.29 is 9.53 Å². The fourth-order valence-corrected chi connectivity index (χ4v) is 4.01. The number of piperidine rings is 1. The number of aromatic nitrogens is 3. The molecule has 3 heterocycles. The largest absolute Gasteiger partial charge is 0.466 e. The van der Waals surface area contributed by atoms with Crippen molar-refractivity contribution in [2.45, 2.75) is 33.6 Å². The van der Waals surface area contributed by atoms with E-state index < -0.39 is 0 Å². The molecule has 0 N–H and O–H groups in total. The van der Waals surface area contributed by atoms with Crippen molar-refractivity contribution in [1.29, 1.82) is 0 Å². The van der Waals surface area contributed by atoms with Crippen LogP contribution in [0.4, 0.5) is 5.82 Å². The van der Waals surface area contributed by atoms with E-state index in [1.54, 1.807) is 6.20 Å². The van der Waals surface area contributed by atoms with E-state index in [0.29, 0.717) is 13.2 Å². The molecular formula is C22H26N4O2. The van der Waals surface area contributed by atoms with Crippen LogP contribution in [0.5, 0.6) is 0 Å². The minimum absolute atomic E-state index is 0.0995. The van der Waals surface area contributed by atoms with Crippen LogP contribution in [0.15, 0.2) is 36.7 Å². The van der Waals surface area contributed by atoms with Crippen LogP contribution in [-0.4, -0.2) is 40.3 Å². The number of ether oxygens (including phenoxy) is 1. The average molecular weight is 378 g/mol. The number of aryl methyl sites for hydroxylation is 2. The fraction of sp³-hybridized carbons (Fsp3) is 0.409. The second kappa shape index (κ2) is 7.62. The van der Waals surface area contributed by atoms with Gasteiger partial charge in [0, 0.05) is 31.0 Å². The lowest BCUT2D eigenvalue weighted by atomic mass is 9.98. The van der Waals surface area contributed by atoms with Crippen molar-refractivity contribution in [3.05, 3.63) is 47.8 Å². The molecule has 0 saturated carbocycles. The normalized spacial score (nSPS) is 17.1. The van der Waals surface area contributed by atoms with Gasteiger partial charge in [-0.25, -0.2) is 9.50 Å². The SMILES string of the molecule is CCOC(=O)[C@@H]1CCCN(c2nccn3nc(-c4ccc(C)cc4C)cc23)C1. The highest BCUT2D eigenvalue weighted by Gasteiger charge is 2.28. The van der Waals surface area contributed by atoms with E-state index in [4.69, 9.17) is 9.84 Å². The summed E-state index contributed by atoms with van der Waals surface area (Å²) >= 11 is 0. The molecule has 3 aromatic rings. The van der Waals surface area contributed by atoms with Gasteiger partial charge in [-0.1, -0.05) is 23.8 Å². The molecule has 146 valence electrons. The summed E-state index contributed by atoms with van der Waals surface area (Å²) in [4.78, 5) is 19.0. The maximum absolute atomic E-state index is 12.2.